The molecule has 0 aromatic heterocycles. The lowest BCUT2D eigenvalue weighted by molar-refractivity contribution is 0.0107. The molecule has 0 amide bonds. The van der Waals surface area contributed by atoms with E-state index in [9.17, 15) is 4.57 Å². The molecule has 0 saturated carbocycles. The van der Waals surface area contributed by atoms with E-state index < -0.39 is 13.0 Å². The number of hydrogen-bond acceptors (Lipinski definition) is 3. The zero-order chi connectivity index (χ0) is 9.41. The zero-order valence-electron chi connectivity index (χ0n) is 7.53. The fourth-order valence-electron chi connectivity index (χ4n) is 0.962. The van der Waals surface area contributed by atoms with Gasteiger partial charge < -0.3 is 9.05 Å². The minimum atomic E-state index is -2.83. The Morgan fingerprint density at radius 2 is 2.33 bits per heavy atom. The summed E-state index contributed by atoms with van der Waals surface area (Å²) >= 11 is 0. The second-order valence-electron chi connectivity index (χ2n) is 3.35. The monoisotopic (exact) mass is 188 g/mol. The van der Waals surface area contributed by atoms with Crippen molar-refractivity contribution in [3.05, 3.63) is 0 Å². The molecule has 1 aliphatic heterocycles. The van der Waals surface area contributed by atoms with Gasteiger partial charge in [-0.1, -0.05) is 5.92 Å². The Balaban J connectivity index is 2.81. The van der Waals surface area contributed by atoms with Gasteiger partial charge in [0.25, 0.3) is 0 Å². The molecule has 4 heteroatoms. The molecule has 0 aromatic rings. The van der Waals surface area contributed by atoms with Crippen LogP contribution < -0.4 is 0 Å². The largest absolute Gasteiger partial charge is 0.327 e. The van der Waals surface area contributed by atoms with Gasteiger partial charge in [0.1, 0.15) is 0 Å². The fraction of sp³-hybridized carbons (Fsp3) is 0.750. The number of rotatable bonds is 0. The third-order valence-corrected chi connectivity index (χ3v) is 3.47. The van der Waals surface area contributed by atoms with E-state index >= 15 is 0 Å². The summed E-state index contributed by atoms with van der Waals surface area (Å²) in [6.45, 7) is 5.44. The normalized spacial score (nSPS) is 48.3. The molecule has 3 unspecified atom stereocenters. The van der Waals surface area contributed by atoms with Crippen LogP contribution in [0.3, 0.4) is 0 Å². The molecular weight excluding hydrogens is 175 g/mol. The maximum Gasteiger partial charge on any atom is 0.327 e. The van der Waals surface area contributed by atoms with Crippen molar-refractivity contribution in [1.82, 2.24) is 0 Å². The minimum Gasteiger partial charge on any atom is -0.307 e. The minimum absolute atomic E-state index is 0.216. The lowest BCUT2D eigenvalue weighted by Gasteiger charge is -2.37. The van der Waals surface area contributed by atoms with Crippen molar-refractivity contribution in [1.29, 1.82) is 0 Å². The van der Waals surface area contributed by atoms with Crippen LogP contribution in [0.15, 0.2) is 0 Å². The average Bonchev–Trinajstić information content (AvgIpc) is 1.97. The SMILES string of the molecule is C#CC1(C)COP(C)(=O)OC1C. The first-order valence-electron chi connectivity index (χ1n) is 3.78. The van der Waals surface area contributed by atoms with Crippen LogP contribution in [-0.4, -0.2) is 19.4 Å². The lowest BCUT2D eigenvalue weighted by Crippen LogP contribution is -2.38. The van der Waals surface area contributed by atoms with Gasteiger partial charge in [-0.15, -0.1) is 6.42 Å². The summed E-state index contributed by atoms with van der Waals surface area (Å²) in [5.41, 5.74) is -0.454. The molecule has 1 heterocycles. The highest BCUT2D eigenvalue weighted by Crippen LogP contribution is 2.52. The Morgan fingerprint density at radius 3 is 2.75 bits per heavy atom. The van der Waals surface area contributed by atoms with Gasteiger partial charge in [-0.3, -0.25) is 4.57 Å². The molecule has 0 spiro atoms. The van der Waals surface area contributed by atoms with Crippen LogP contribution in [0.4, 0.5) is 0 Å². The average molecular weight is 188 g/mol. The van der Waals surface area contributed by atoms with Gasteiger partial charge in [0.2, 0.25) is 0 Å². The molecule has 1 saturated heterocycles. The van der Waals surface area contributed by atoms with Crippen LogP contribution in [0.25, 0.3) is 0 Å². The second kappa shape index (κ2) is 2.88. The van der Waals surface area contributed by atoms with Gasteiger partial charge in [-0.05, 0) is 13.8 Å². The molecule has 0 bridgehead atoms. The highest BCUT2D eigenvalue weighted by atomic mass is 31.2. The number of hydrogen-bond donors (Lipinski definition) is 0. The maximum absolute atomic E-state index is 11.3. The molecule has 0 N–H and O–H groups in total. The first kappa shape index (κ1) is 9.80. The van der Waals surface area contributed by atoms with Crippen molar-refractivity contribution in [3.63, 3.8) is 0 Å². The molecule has 1 aliphatic rings. The summed E-state index contributed by atoms with van der Waals surface area (Å²) in [5, 5.41) is 0. The van der Waals surface area contributed by atoms with Gasteiger partial charge in [-0.2, -0.15) is 0 Å². The van der Waals surface area contributed by atoms with Crippen molar-refractivity contribution >= 4 is 7.60 Å². The first-order chi connectivity index (χ1) is 5.40. The van der Waals surface area contributed by atoms with Gasteiger partial charge in [0.15, 0.2) is 0 Å². The fourth-order valence-corrected chi connectivity index (χ4v) is 2.33. The molecule has 3 nitrogen and oxygen atoms in total. The topological polar surface area (TPSA) is 35.5 Å². The van der Waals surface area contributed by atoms with Crippen molar-refractivity contribution in [2.75, 3.05) is 13.3 Å². The third-order valence-electron chi connectivity index (χ3n) is 2.18. The number of terminal acetylenes is 1. The Hall–Kier alpha value is -0.290. The summed E-state index contributed by atoms with van der Waals surface area (Å²) in [5.74, 6) is 2.60. The molecular formula is C8H13O3P. The standard InChI is InChI=1S/C8H13O3P/c1-5-8(3)6-10-12(4,9)11-7(8)2/h1,7H,6H2,2-4H3. The van der Waals surface area contributed by atoms with E-state index in [4.69, 9.17) is 15.5 Å². The summed E-state index contributed by atoms with van der Waals surface area (Å²) in [7, 11) is -2.83. The Bertz CT molecular complexity index is 268. The quantitative estimate of drug-likeness (QED) is 0.430. The first-order valence-corrected chi connectivity index (χ1v) is 5.77. The van der Waals surface area contributed by atoms with Gasteiger partial charge >= 0.3 is 7.60 Å². The Kier molecular flexibility index (Phi) is 2.35. The van der Waals surface area contributed by atoms with Crippen molar-refractivity contribution in [2.24, 2.45) is 5.41 Å². The Morgan fingerprint density at radius 1 is 1.75 bits per heavy atom. The Labute approximate surface area is 73.0 Å². The summed E-state index contributed by atoms with van der Waals surface area (Å²) in [6.07, 6.45) is 5.10. The van der Waals surface area contributed by atoms with Gasteiger partial charge in [-0.25, -0.2) is 0 Å². The van der Waals surface area contributed by atoms with Crippen LogP contribution in [0.2, 0.25) is 0 Å². The maximum atomic E-state index is 11.3. The van der Waals surface area contributed by atoms with Crippen molar-refractivity contribution in [2.45, 2.75) is 20.0 Å². The molecule has 0 aliphatic carbocycles. The molecule has 0 radical (unpaired) electrons. The molecule has 0 aromatic carbocycles. The molecule has 68 valence electrons. The second-order valence-corrected chi connectivity index (χ2v) is 5.37. The van der Waals surface area contributed by atoms with E-state index in [0.717, 1.165) is 0 Å². The molecule has 3 atom stereocenters. The molecule has 1 rings (SSSR count). The van der Waals surface area contributed by atoms with E-state index in [1.54, 1.807) is 0 Å². The van der Waals surface area contributed by atoms with Crippen LogP contribution in [0.5, 0.6) is 0 Å². The highest BCUT2D eigenvalue weighted by molar-refractivity contribution is 7.53. The van der Waals surface area contributed by atoms with Crippen LogP contribution in [0.1, 0.15) is 13.8 Å². The van der Waals surface area contributed by atoms with E-state index in [0.29, 0.717) is 6.61 Å². The lowest BCUT2D eigenvalue weighted by atomic mass is 9.87. The zero-order valence-corrected chi connectivity index (χ0v) is 8.43. The molecule has 12 heavy (non-hydrogen) atoms. The van der Waals surface area contributed by atoms with Crippen LogP contribution in [-0.2, 0) is 13.6 Å². The van der Waals surface area contributed by atoms with E-state index in [1.807, 2.05) is 13.8 Å². The van der Waals surface area contributed by atoms with Gasteiger partial charge in [0.05, 0.1) is 18.1 Å². The van der Waals surface area contributed by atoms with Crippen LogP contribution >= 0.6 is 7.60 Å². The predicted octanol–water partition coefficient (Wildman–Crippen LogP) is 1.88. The van der Waals surface area contributed by atoms with E-state index in [-0.39, 0.29) is 6.10 Å². The van der Waals surface area contributed by atoms with Crippen molar-refractivity contribution in [3.8, 4) is 12.3 Å². The molecule has 1 fully saturated rings. The smallest absolute Gasteiger partial charge is 0.307 e. The summed E-state index contributed by atoms with van der Waals surface area (Å²) in [6, 6.07) is 0. The summed E-state index contributed by atoms with van der Waals surface area (Å²) in [4.78, 5) is 0. The highest BCUT2D eigenvalue weighted by Gasteiger charge is 2.41. The summed E-state index contributed by atoms with van der Waals surface area (Å²) < 4.78 is 21.5. The van der Waals surface area contributed by atoms with E-state index in [2.05, 4.69) is 5.92 Å². The van der Waals surface area contributed by atoms with E-state index in [1.165, 1.54) is 6.66 Å². The van der Waals surface area contributed by atoms with Gasteiger partial charge in [0, 0.05) is 6.66 Å². The van der Waals surface area contributed by atoms with Crippen molar-refractivity contribution < 1.29 is 13.6 Å². The third kappa shape index (κ3) is 1.72. The van der Waals surface area contributed by atoms with Crippen LogP contribution in [0, 0.1) is 17.8 Å². The predicted molar refractivity (Wildman–Crippen MR) is 47.0 cm³/mol.